The lowest BCUT2D eigenvalue weighted by Gasteiger charge is -2.19. The fraction of sp³-hybridized carbons (Fsp3) is 0.312. The van der Waals surface area contributed by atoms with E-state index >= 15 is 0 Å². The van der Waals surface area contributed by atoms with Crippen molar-refractivity contribution in [1.29, 1.82) is 0 Å². The van der Waals surface area contributed by atoms with Gasteiger partial charge >= 0.3 is 0 Å². The van der Waals surface area contributed by atoms with Crippen LogP contribution in [0.25, 0.3) is 0 Å². The molecular weight excluding hydrogens is 272 g/mol. The van der Waals surface area contributed by atoms with E-state index in [2.05, 4.69) is 23.3 Å². The molecule has 1 atom stereocenters. The van der Waals surface area contributed by atoms with E-state index in [1.807, 2.05) is 30.3 Å². The fourth-order valence-corrected chi connectivity index (χ4v) is 2.32. The minimum Gasteiger partial charge on any atom is -0.496 e. The number of nitrogens with zero attached hydrogens (tertiary/aromatic N) is 1. The Morgan fingerprint density at radius 2 is 2.05 bits per heavy atom. The molecule has 0 aliphatic rings. The zero-order valence-electron chi connectivity index (χ0n) is 11.8. The van der Waals surface area contributed by atoms with Crippen LogP contribution in [0.3, 0.4) is 0 Å². The number of hydrogen-bond acceptors (Lipinski definition) is 3. The van der Waals surface area contributed by atoms with Crippen LogP contribution >= 0.6 is 11.6 Å². The SMILES string of the molecule is CCNC(Cc1ccccc1OC)c1ccc(Cl)cn1. The van der Waals surface area contributed by atoms with E-state index in [1.54, 1.807) is 13.3 Å². The molecule has 0 aliphatic heterocycles. The van der Waals surface area contributed by atoms with Gasteiger partial charge in [-0.25, -0.2) is 0 Å². The van der Waals surface area contributed by atoms with E-state index in [-0.39, 0.29) is 6.04 Å². The Labute approximate surface area is 124 Å². The summed E-state index contributed by atoms with van der Waals surface area (Å²) in [7, 11) is 1.70. The highest BCUT2D eigenvalue weighted by Crippen LogP contribution is 2.24. The average Bonchev–Trinajstić information content (AvgIpc) is 2.48. The van der Waals surface area contributed by atoms with E-state index in [0.717, 1.165) is 30.0 Å². The number of para-hydroxylation sites is 1. The summed E-state index contributed by atoms with van der Waals surface area (Å²) in [4.78, 5) is 4.41. The average molecular weight is 291 g/mol. The van der Waals surface area contributed by atoms with Gasteiger partial charge in [0.15, 0.2) is 0 Å². The summed E-state index contributed by atoms with van der Waals surface area (Å²) in [5, 5.41) is 4.11. The van der Waals surface area contributed by atoms with E-state index in [1.165, 1.54) is 0 Å². The molecule has 0 fully saturated rings. The minimum absolute atomic E-state index is 0.147. The lowest BCUT2D eigenvalue weighted by Crippen LogP contribution is -2.24. The van der Waals surface area contributed by atoms with Crippen molar-refractivity contribution in [3.63, 3.8) is 0 Å². The summed E-state index contributed by atoms with van der Waals surface area (Å²) in [6.45, 7) is 2.97. The van der Waals surface area contributed by atoms with Gasteiger partial charge in [-0.15, -0.1) is 0 Å². The Hall–Kier alpha value is -1.58. The van der Waals surface area contributed by atoms with E-state index in [4.69, 9.17) is 16.3 Å². The van der Waals surface area contributed by atoms with Crippen LogP contribution in [0.5, 0.6) is 5.75 Å². The molecule has 0 amide bonds. The topological polar surface area (TPSA) is 34.1 Å². The Morgan fingerprint density at radius 1 is 1.25 bits per heavy atom. The maximum absolute atomic E-state index is 5.90. The monoisotopic (exact) mass is 290 g/mol. The maximum atomic E-state index is 5.90. The number of hydrogen-bond donors (Lipinski definition) is 1. The van der Waals surface area contributed by atoms with Crippen LogP contribution in [-0.2, 0) is 6.42 Å². The molecule has 20 heavy (non-hydrogen) atoms. The molecule has 0 saturated carbocycles. The highest BCUT2D eigenvalue weighted by molar-refractivity contribution is 6.30. The summed E-state index contributed by atoms with van der Waals surface area (Å²) in [6.07, 6.45) is 2.51. The Balaban J connectivity index is 2.23. The van der Waals surface area contributed by atoms with Crippen LogP contribution in [0.15, 0.2) is 42.6 Å². The van der Waals surface area contributed by atoms with Crippen LogP contribution in [0.4, 0.5) is 0 Å². The molecule has 0 saturated heterocycles. The number of ether oxygens (including phenoxy) is 1. The number of pyridine rings is 1. The second kappa shape index (κ2) is 7.27. The predicted octanol–water partition coefficient (Wildman–Crippen LogP) is 3.64. The van der Waals surface area contributed by atoms with Gasteiger partial charge in [-0.2, -0.15) is 0 Å². The summed E-state index contributed by atoms with van der Waals surface area (Å²) >= 11 is 5.90. The first-order chi connectivity index (χ1) is 9.74. The van der Waals surface area contributed by atoms with Crippen molar-refractivity contribution in [3.8, 4) is 5.75 Å². The van der Waals surface area contributed by atoms with Gasteiger partial charge in [0.1, 0.15) is 5.75 Å². The Bertz CT molecular complexity index is 542. The third kappa shape index (κ3) is 3.71. The van der Waals surface area contributed by atoms with Crippen LogP contribution in [0.2, 0.25) is 5.02 Å². The van der Waals surface area contributed by atoms with Gasteiger partial charge in [0.05, 0.1) is 23.9 Å². The molecule has 1 aromatic heterocycles. The van der Waals surface area contributed by atoms with Gasteiger partial charge in [0.2, 0.25) is 0 Å². The summed E-state index contributed by atoms with van der Waals surface area (Å²) < 4.78 is 5.41. The number of halogens is 1. The highest BCUT2D eigenvalue weighted by atomic mass is 35.5. The molecule has 0 aliphatic carbocycles. The standard InChI is InChI=1S/C16H19ClN2O/c1-3-18-15(14-9-8-13(17)11-19-14)10-12-6-4-5-7-16(12)20-2/h4-9,11,15,18H,3,10H2,1-2H3. The first-order valence-electron chi connectivity index (χ1n) is 6.71. The third-order valence-electron chi connectivity index (χ3n) is 3.17. The number of likely N-dealkylation sites (N-methyl/N-ethyl adjacent to an activating group) is 1. The quantitative estimate of drug-likeness (QED) is 0.882. The molecule has 1 unspecified atom stereocenters. The summed E-state index contributed by atoms with van der Waals surface area (Å²) in [5.41, 5.74) is 2.15. The second-order valence-electron chi connectivity index (χ2n) is 4.53. The predicted molar refractivity (Wildman–Crippen MR) is 82.4 cm³/mol. The van der Waals surface area contributed by atoms with Crippen molar-refractivity contribution in [2.45, 2.75) is 19.4 Å². The molecule has 2 aromatic rings. The molecule has 1 N–H and O–H groups in total. The van der Waals surface area contributed by atoms with Gasteiger partial charge in [-0.05, 0) is 36.7 Å². The largest absolute Gasteiger partial charge is 0.496 e. The minimum atomic E-state index is 0.147. The van der Waals surface area contributed by atoms with Crippen molar-refractivity contribution < 1.29 is 4.74 Å². The van der Waals surface area contributed by atoms with Gasteiger partial charge < -0.3 is 10.1 Å². The third-order valence-corrected chi connectivity index (χ3v) is 3.40. The van der Waals surface area contributed by atoms with Gasteiger partial charge in [-0.3, -0.25) is 4.98 Å². The van der Waals surface area contributed by atoms with Crippen LogP contribution in [0, 0.1) is 0 Å². The lowest BCUT2D eigenvalue weighted by atomic mass is 10.0. The molecular formula is C16H19ClN2O. The van der Waals surface area contributed by atoms with Crippen LogP contribution in [0.1, 0.15) is 24.2 Å². The molecule has 0 radical (unpaired) electrons. The zero-order valence-corrected chi connectivity index (χ0v) is 12.5. The van der Waals surface area contributed by atoms with Crippen molar-refractivity contribution in [3.05, 3.63) is 58.9 Å². The Kier molecular flexibility index (Phi) is 5.39. The highest BCUT2D eigenvalue weighted by Gasteiger charge is 2.14. The molecule has 0 spiro atoms. The second-order valence-corrected chi connectivity index (χ2v) is 4.96. The van der Waals surface area contributed by atoms with Crippen molar-refractivity contribution in [1.82, 2.24) is 10.3 Å². The number of benzene rings is 1. The molecule has 1 heterocycles. The molecule has 4 heteroatoms. The number of nitrogens with one attached hydrogen (secondary N) is 1. The van der Waals surface area contributed by atoms with Gasteiger partial charge in [-0.1, -0.05) is 36.7 Å². The van der Waals surface area contributed by atoms with Crippen molar-refractivity contribution in [2.75, 3.05) is 13.7 Å². The van der Waals surface area contributed by atoms with Crippen LogP contribution in [-0.4, -0.2) is 18.6 Å². The molecule has 106 valence electrons. The van der Waals surface area contributed by atoms with Gasteiger partial charge in [0.25, 0.3) is 0 Å². The van der Waals surface area contributed by atoms with Crippen molar-refractivity contribution >= 4 is 11.6 Å². The summed E-state index contributed by atoms with van der Waals surface area (Å²) in [6, 6.07) is 12.0. The fourth-order valence-electron chi connectivity index (χ4n) is 2.21. The van der Waals surface area contributed by atoms with Gasteiger partial charge in [0, 0.05) is 6.20 Å². The van der Waals surface area contributed by atoms with E-state index < -0.39 is 0 Å². The zero-order chi connectivity index (χ0) is 14.4. The number of rotatable bonds is 6. The number of aromatic nitrogens is 1. The smallest absolute Gasteiger partial charge is 0.122 e. The van der Waals surface area contributed by atoms with E-state index in [0.29, 0.717) is 5.02 Å². The van der Waals surface area contributed by atoms with Crippen molar-refractivity contribution in [2.24, 2.45) is 0 Å². The Morgan fingerprint density at radius 3 is 2.70 bits per heavy atom. The summed E-state index contributed by atoms with van der Waals surface area (Å²) in [5.74, 6) is 0.907. The van der Waals surface area contributed by atoms with Crippen LogP contribution < -0.4 is 10.1 Å². The normalized spacial score (nSPS) is 12.2. The molecule has 2 rings (SSSR count). The van der Waals surface area contributed by atoms with E-state index in [9.17, 15) is 0 Å². The molecule has 0 bridgehead atoms. The lowest BCUT2D eigenvalue weighted by molar-refractivity contribution is 0.405. The maximum Gasteiger partial charge on any atom is 0.122 e. The first-order valence-corrected chi connectivity index (χ1v) is 7.09. The molecule has 1 aromatic carbocycles. The first kappa shape index (κ1) is 14.8. The molecule has 3 nitrogen and oxygen atoms in total. The number of methoxy groups -OCH3 is 1.